The predicted octanol–water partition coefficient (Wildman–Crippen LogP) is 0.408. The van der Waals surface area contributed by atoms with E-state index >= 15 is 0 Å². The highest BCUT2D eigenvalue weighted by Crippen LogP contribution is 1.70. The van der Waals surface area contributed by atoms with Crippen LogP contribution >= 0.6 is 0 Å². The van der Waals surface area contributed by atoms with E-state index in [4.69, 9.17) is 9.81 Å². The van der Waals surface area contributed by atoms with Gasteiger partial charge in [0.15, 0.2) is 5.34 Å². The molecule has 0 bridgehead atoms. The van der Waals surface area contributed by atoms with Crippen LogP contribution in [0.5, 0.6) is 0 Å². The predicted molar refractivity (Wildman–Crippen MR) is 17.5 cm³/mol. The van der Waals surface area contributed by atoms with Crippen molar-refractivity contribution in [2.75, 3.05) is 6.73 Å². The van der Waals surface area contributed by atoms with Crippen molar-refractivity contribution in [2.45, 2.75) is 0 Å². The van der Waals surface area contributed by atoms with E-state index in [0.29, 0.717) is 0 Å². The van der Waals surface area contributed by atoms with Crippen LogP contribution in [0.4, 0.5) is 0 Å². The standard InChI is InChI=1S/CH2N2O3/c4-2-1-6-3-5/h1H2. The van der Waals surface area contributed by atoms with E-state index in [1.165, 1.54) is 0 Å². The molecule has 0 unspecified atom stereocenters. The summed E-state index contributed by atoms with van der Waals surface area (Å²) >= 11 is 0. The van der Waals surface area contributed by atoms with Crippen molar-refractivity contribution >= 4 is 0 Å². The maximum Gasteiger partial charge on any atom is 0.250 e. The first-order chi connectivity index (χ1) is 2.91. The van der Waals surface area contributed by atoms with Gasteiger partial charge in [-0.2, -0.15) is 0 Å². The van der Waals surface area contributed by atoms with Crippen molar-refractivity contribution in [1.29, 1.82) is 0 Å². The van der Waals surface area contributed by atoms with Crippen molar-refractivity contribution in [3.63, 3.8) is 0 Å². The van der Waals surface area contributed by atoms with Crippen LogP contribution in [0.3, 0.4) is 0 Å². The molecule has 0 aliphatic carbocycles. The molecule has 0 radical (unpaired) electrons. The van der Waals surface area contributed by atoms with Crippen LogP contribution < -0.4 is 0 Å². The number of rotatable bonds is 3. The molecule has 0 rings (SSSR count). The summed E-state index contributed by atoms with van der Waals surface area (Å²) in [6, 6.07) is 0. The first kappa shape index (κ1) is 5.00. The molecular formula is CH2N2O3. The van der Waals surface area contributed by atoms with Crippen molar-refractivity contribution in [2.24, 2.45) is 10.5 Å². The molecule has 0 aliphatic rings. The van der Waals surface area contributed by atoms with Gasteiger partial charge in [-0.1, -0.05) is 0 Å². The van der Waals surface area contributed by atoms with E-state index < -0.39 is 6.73 Å². The molecule has 0 spiro atoms. The average molecular weight is 90.0 g/mol. The first-order valence-electron chi connectivity index (χ1n) is 1.15. The summed E-state index contributed by atoms with van der Waals surface area (Å²) in [4.78, 5) is 21.5. The molecule has 0 aromatic heterocycles. The maximum atomic E-state index is 8.99. The van der Waals surface area contributed by atoms with Crippen LogP contribution in [0.25, 0.3) is 0 Å². The Morgan fingerprint density at radius 1 is 1.50 bits per heavy atom. The zero-order valence-corrected chi connectivity index (χ0v) is 2.83. The summed E-state index contributed by atoms with van der Waals surface area (Å²) in [7, 11) is 0. The summed E-state index contributed by atoms with van der Waals surface area (Å²) in [5.41, 5.74) is 0. The fourth-order valence-corrected chi connectivity index (χ4v) is 0.0471. The monoisotopic (exact) mass is 90.0 g/mol. The van der Waals surface area contributed by atoms with E-state index in [1.807, 2.05) is 5.34 Å². The molecule has 5 nitrogen and oxygen atoms in total. The number of nitrogens with zero attached hydrogens (tertiary/aromatic N) is 2. The summed E-state index contributed by atoms with van der Waals surface area (Å²) in [6.45, 7) is -0.497. The van der Waals surface area contributed by atoms with Crippen molar-refractivity contribution in [3.05, 3.63) is 9.81 Å². The fraction of sp³-hybridized carbons (Fsp3) is 1.00. The van der Waals surface area contributed by atoms with Gasteiger partial charge in [-0.25, -0.2) is 0 Å². The smallest absolute Gasteiger partial charge is 0.250 e. The molecule has 0 heterocycles. The zero-order chi connectivity index (χ0) is 4.83. The Balaban J connectivity index is 2.66. The Kier molecular flexibility index (Phi) is 3.33. The van der Waals surface area contributed by atoms with Gasteiger partial charge in [0.25, 0.3) is 0 Å². The lowest BCUT2D eigenvalue weighted by Crippen LogP contribution is -1.74. The SMILES string of the molecule is O=NCON=O. The van der Waals surface area contributed by atoms with Gasteiger partial charge >= 0.3 is 0 Å². The Hall–Kier alpha value is -1.00. The Morgan fingerprint density at radius 2 is 2.17 bits per heavy atom. The molecule has 6 heavy (non-hydrogen) atoms. The number of hydrogen-bond donors (Lipinski definition) is 0. The summed E-state index contributed by atoms with van der Waals surface area (Å²) < 4.78 is 0. The van der Waals surface area contributed by atoms with Gasteiger partial charge in [0, 0.05) is 0 Å². The van der Waals surface area contributed by atoms with Crippen molar-refractivity contribution in [1.82, 2.24) is 0 Å². The van der Waals surface area contributed by atoms with Gasteiger partial charge in [-0.15, -0.1) is 9.81 Å². The van der Waals surface area contributed by atoms with Gasteiger partial charge in [0.1, 0.15) is 0 Å². The quantitative estimate of drug-likeness (QED) is 0.286. The summed E-state index contributed by atoms with van der Waals surface area (Å²) in [5.74, 6) is 0. The van der Waals surface area contributed by atoms with Crippen LogP contribution in [-0.2, 0) is 4.84 Å². The molecule has 0 saturated heterocycles. The third-order valence-electron chi connectivity index (χ3n) is 0.163. The zero-order valence-electron chi connectivity index (χ0n) is 2.83. The highest BCUT2D eigenvalue weighted by Gasteiger charge is 1.72. The normalized spacial score (nSPS) is 6.67. The topological polar surface area (TPSA) is 68.1 Å². The molecule has 0 aromatic carbocycles. The van der Waals surface area contributed by atoms with Gasteiger partial charge in [0.05, 0.1) is 0 Å². The van der Waals surface area contributed by atoms with Crippen LogP contribution in [0.15, 0.2) is 10.5 Å². The maximum absolute atomic E-state index is 8.99. The van der Waals surface area contributed by atoms with Crippen LogP contribution in [0.1, 0.15) is 0 Å². The van der Waals surface area contributed by atoms with Gasteiger partial charge in [-0.3, -0.25) is 0 Å². The largest absolute Gasteiger partial charge is 0.336 e. The number of nitroso groups, excluding NO2 is 1. The molecule has 0 saturated carbocycles. The Bertz CT molecular complexity index is 44.8. The van der Waals surface area contributed by atoms with Crippen LogP contribution in [0, 0.1) is 9.81 Å². The third kappa shape index (κ3) is 3.00. The van der Waals surface area contributed by atoms with Crippen molar-refractivity contribution < 1.29 is 4.84 Å². The van der Waals surface area contributed by atoms with Gasteiger partial charge in [-0.05, 0) is 5.18 Å². The van der Waals surface area contributed by atoms with Crippen molar-refractivity contribution in [3.8, 4) is 0 Å². The Morgan fingerprint density at radius 3 is 2.33 bits per heavy atom. The van der Waals surface area contributed by atoms with E-state index in [9.17, 15) is 0 Å². The lowest BCUT2D eigenvalue weighted by molar-refractivity contribution is 0.147. The third-order valence-corrected chi connectivity index (χ3v) is 0.163. The summed E-state index contributed by atoms with van der Waals surface area (Å²) in [5, 5.41) is 4.04. The minimum absolute atomic E-state index is 0.497. The van der Waals surface area contributed by atoms with Gasteiger partial charge < -0.3 is 4.84 Å². The van der Waals surface area contributed by atoms with Crippen LogP contribution in [-0.4, -0.2) is 6.73 Å². The molecule has 5 heteroatoms. The average Bonchev–Trinajstić information content (AvgIpc) is 1.61. The lowest BCUT2D eigenvalue weighted by Gasteiger charge is -1.74. The minimum atomic E-state index is -0.497. The molecule has 0 atom stereocenters. The first-order valence-corrected chi connectivity index (χ1v) is 1.15. The number of hydrogen-bond acceptors (Lipinski definition) is 5. The second kappa shape index (κ2) is 4.00. The van der Waals surface area contributed by atoms with Gasteiger partial charge in [0.2, 0.25) is 6.73 Å². The van der Waals surface area contributed by atoms with E-state index in [1.54, 1.807) is 0 Å². The summed E-state index contributed by atoms with van der Waals surface area (Å²) in [6.07, 6.45) is 0. The van der Waals surface area contributed by atoms with E-state index in [-0.39, 0.29) is 0 Å². The fourth-order valence-electron chi connectivity index (χ4n) is 0.0471. The minimum Gasteiger partial charge on any atom is -0.336 e. The second-order valence-electron chi connectivity index (χ2n) is 0.462. The highest BCUT2D eigenvalue weighted by atomic mass is 16.7. The molecule has 0 fully saturated rings. The molecular weight excluding hydrogens is 88.0 g/mol. The Labute approximate surface area is 33.2 Å². The lowest BCUT2D eigenvalue weighted by atomic mass is 11.4. The molecule has 0 amide bonds. The van der Waals surface area contributed by atoms with Crippen LogP contribution in [0.2, 0.25) is 0 Å². The molecule has 0 aliphatic heterocycles. The molecule has 34 valence electrons. The van der Waals surface area contributed by atoms with E-state index in [0.717, 1.165) is 0 Å². The van der Waals surface area contributed by atoms with E-state index in [2.05, 4.69) is 10.0 Å². The highest BCUT2D eigenvalue weighted by molar-refractivity contribution is 4.15. The molecule has 0 aromatic rings. The molecule has 0 N–H and O–H groups in total. The second-order valence-corrected chi connectivity index (χ2v) is 0.462.